The van der Waals surface area contributed by atoms with Crippen LogP contribution in [0.25, 0.3) is 21.3 Å². The molecule has 4 aromatic rings. The lowest BCUT2D eigenvalue weighted by Crippen LogP contribution is -2.05. The molecule has 0 aliphatic carbocycles. The number of hydrogen-bond donors (Lipinski definition) is 0. The molecule has 3 heterocycles. The SMILES string of the molecule is O=C(OCc1nc(-c2cccs2)no1)c1csc(-c2cccc(Cl)c2)n1. The van der Waals surface area contributed by atoms with Crippen LogP contribution in [0, 0.1) is 0 Å². The first-order valence-electron chi connectivity index (χ1n) is 7.44. The molecule has 0 aliphatic rings. The average molecular weight is 404 g/mol. The Balaban J connectivity index is 1.41. The number of esters is 1. The summed E-state index contributed by atoms with van der Waals surface area (Å²) in [5, 5.41) is 8.74. The lowest BCUT2D eigenvalue weighted by atomic mass is 10.2. The van der Waals surface area contributed by atoms with Crippen LogP contribution in [0.4, 0.5) is 0 Å². The highest BCUT2D eigenvalue weighted by Crippen LogP contribution is 2.26. The first-order chi connectivity index (χ1) is 12.7. The number of thiophene rings is 1. The molecular weight excluding hydrogens is 394 g/mol. The van der Waals surface area contributed by atoms with Crippen molar-refractivity contribution >= 4 is 40.2 Å². The van der Waals surface area contributed by atoms with E-state index >= 15 is 0 Å². The van der Waals surface area contributed by atoms with E-state index in [0.717, 1.165) is 10.4 Å². The van der Waals surface area contributed by atoms with Gasteiger partial charge < -0.3 is 9.26 Å². The van der Waals surface area contributed by atoms with E-state index in [1.807, 2.05) is 29.6 Å². The minimum absolute atomic E-state index is 0.110. The fourth-order valence-electron chi connectivity index (χ4n) is 2.14. The summed E-state index contributed by atoms with van der Waals surface area (Å²) in [4.78, 5) is 21.6. The van der Waals surface area contributed by atoms with Crippen LogP contribution in [0.2, 0.25) is 5.02 Å². The molecule has 4 rings (SSSR count). The molecule has 130 valence electrons. The molecule has 0 saturated heterocycles. The van der Waals surface area contributed by atoms with Crippen molar-refractivity contribution in [2.75, 3.05) is 0 Å². The van der Waals surface area contributed by atoms with Crippen LogP contribution in [-0.2, 0) is 11.3 Å². The van der Waals surface area contributed by atoms with Gasteiger partial charge in [0.2, 0.25) is 5.82 Å². The molecule has 0 radical (unpaired) electrons. The lowest BCUT2D eigenvalue weighted by Gasteiger charge is -1.98. The minimum Gasteiger partial charge on any atom is -0.451 e. The zero-order valence-corrected chi connectivity index (χ0v) is 15.5. The summed E-state index contributed by atoms with van der Waals surface area (Å²) in [6.45, 7) is -0.110. The molecule has 0 bridgehead atoms. The van der Waals surface area contributed by atoms with Crippen LogP contribution < -0.4 is 0 Å². The van der Waals surface area contributed by atoms with Crippen LogP contribution in [0.5, 0.6) is 0 Å². The molecule has 1 aromatic carbocycles. The number of carbonyl (C=O) groups is 1. The predicted octanol–water partition coefficient (Wildman–Crippen LogP) is 4.93. The quantitative estimate of drug-likeness (QED) is 0.439. The van der Waals surface area contributed by atoms with Gasteiger partial charge in [0.05, 0.1) is 4.88 Å². The van der Waals surface area contributed by atoms with Crippen LogP contribution in [0.15, 0.2) is 51.7 Å². The maximum absolute atomic E-state index is 12.2. The fraction of sp³-hybridized carbons (Fsp3) is 0.0588. The van der Waals surface area contributed by atoms with Gasteiger partial charge in [-0.15, -0.1) is 22.7 Å². The van der Waals surface area contributed by atoms with Gasteiger partial charge in [0, 0.05) is 16.0 Å². The normalized spacial score (nSPS) is 10.8. The number of halogens is 1. The summed E-state index contributed by atoms with van der Waals surface area (Å²) in [5.74, 6) is 0.153. The van der Waals surface area contributed by atoms with Crippen molar-refractivity contribution in [1.82, 2.24) is 15.1 Å². The molecule has 6 nitrogen and oxygen atoms in total. The molecule has 9 heteroatoms. The summed E-state index contributed by atoms with van der Waals surface area (Å²) < 4.78 is 10.3. The van der Waals surface area contributed by atoms with E-state index in [1.54, 1.807) is 17.5 Å². The van der Waals surface area contributed by atoms with Crippen molar-refractivity contribution in [2.24, 2.45) is 0 Å². The standard InChI is InChI=1S/C17H10ClN3O3S2/c18-11-4-1-3-10(7-11)16-19-12(9-26-16)17(22)23-8-14-20-15(21-24-14)13-5-2-6-25-13/h1-7,9H,8H2. The molecule has 0 atom stereocenters. The number of thiazole rings is 1. The summed E-state index contributed by atoms with van der Waals surface area (Å²) in [7, 11) is 0. The minimum atomic E-state index is -0.551. The van der Waals surface area contributed by atoms with Gasteiger partial charge in [-0.3, -0.25) is 0 Å². The van der Waals surface area contributed by atoms with Gasteiger partial charge >= 0.3 is 5.97 Å². The Bertz CT molecular complexity index is 1040. The second-order valence-electron chi connectivity index (χ2n) is 5.11. The second kappa shape index (κ2) is 7.36. The Kier molecular flexibility index (Phi) is 4.79. The first kappa shape index (κ1) is 16.9. The predicted molar refractivity (Wildman–Crippen MR) is 99.3 cm³/mol. The third kappa shape index (κ3) is 3.67. The number of aromatic nitrogens is 3. The van der Waals surface area contributed by atoms with E-state index in [9.17, 15) is 4.79 Å². The molecule has 0 spiro atoms. The Morgan fingerprint density at radius 1 is 1.19 bits per heavy atom. The average Bonchev–Trinajstić information content (AvgIpc) is 3.40. The van der Waals surface area contributed by atoms with E-state index in [-0.39, 0.29) is 18.2 Å². The van der Waals surface area contributed by atoms with E-state index in [0.29, 0.717) is 15.9 Å². The van der Waals surface area contributed by atoms with Crippen molar-refractivity contribution in [3.8, 4) is 21.3 Å². The maximum Gasteiger partial charge on any atom is 0.358 e. The van der Waals surface area contributed by atoms with Crippen LogP contribution >= 0.6 is 34.3 Å². The zero-order chi connectivity index (χ0) is 17.9. The molecule has 0 unspecified atom stereocenters. The van der Waals surface area contributed by atoms with Gasteiger partial charge in [0.15, 0.2) is 12.3 Å². The Morgan fingerprint density at radius 2 is 2.12 bits per heavy atom. The van der Waals surface area contributed by atoms with Crippen molar-refractivity contribution < 1.29 is 14.1 Å². The molecule has 26 heavy (non-hydrogen) atoms. The number of carbonyl (C=O) groups excluding carboxylic acids is 1. The summed E-state index contributed by atoms with van der Waals surface area (Å²) in [6.07, 6.45) is 0. The molecule has 0 N–H and O–H groups in total. The van der Waals surface area contributed by atoms with Crippen molar-refractivity contribution in [3.05, 3.63) is 63.8 Å². The van der Waals surface area contributed by atoms with Crippen LogP contribution in [0.3, 0.4) is 0 Å². The molecule has 0 saturated carbocycles. The lowest BCUT2D eigenvalue weighted by molar-refractivity contribution is 0.0424. The van der Waals surface area contributed by atoms with Crippen molar-refractivity contribution in [2.45, 2.75) is 6.61 Å². The van der Waals surface area contributed by atoms with E-state index in [1.165, 1.54) is 22.7 Å². The van der Waals surface area contributed by atoms with Gasteiger partial charge in [-0.25, -0.2) is 9.78 Å². The monoisotopic (exact) mass is 403 g/mol. The highest BCUT2D eigenvalue weighted by atomic mass is 35.5. The zero-order valence-electron chi connectivity index (χ0n) is 13.1. The Morgan fingerprint density at radius 3 is 2.92 bits per heavy atom. The number of benzene rings is 1. The van der Waals surface area contributed by atoms with Crippen LogP contribution in [0.1, 0.15) is 16.4 Å². The fourth-order valence-corrected chi connectivity index (χ4v) is 3.77. The maximum atomic E-state index is 12.2. The largest absolute Gasteiger partial charge is 0.451 e. The highest BCUT2D eigenvalue weighted by Gasteiger charge is 2.16. The van der Waals surface area contributed by atoms with Gasteiger partial charge in [-0.2, -0.15) is 4.98 Å². The smallest absolute Gasteiger partial charge is 0.358 e. The molecule has 0 amide bonds. The van der Waals surface area contributed by atoms with Gasteiger partial charge in [0.1, 0.15) is 5.01 Å². The molecular formula is C17H10ClN3O3S2. The topological polar surface area (TPSA) is 78.1 Å². The third-order valence-corrected chi connectivity index (χ3v) is 5.31. The number of ether oxygens (including phenoxy) is 1. The van der Waals surface area contributed by atoms with Gasteiger partial charge in [0.25, 0.3) is 5.89 Å². The van der Waals surface area contributed by atoms with Crippen molar-refractivity contribution in [1.29, 1.82) is 0 Å². The van der Waals surface area contributed by atoms with E-state index in [2.05, 4.69) is 15.1 Å². The van der Waals surface area contributed by atoms with Gasteiger partial charge in [-0.1, -0.05) is 35.0 Å². The van der Waals surface area contributed by atoms with E-state index < -0.39 is 5.97 Å². The Labute approximate surface area is 161 Å². The number of nitrogens with zero attached hydrogens (tertiary/aromatic N) is 3. The summed E-state index contributed by atoms with van der Waals surface area (Å²) in [5.41, 5.74) is 1.07. The first-order valence-corrected chi connectivity index (χ1v) is 9.58. The molecule has 3 aromatic heterocycles. The van der Waals surface area contributed by atoms with Crippen LogP contribution in [-0.4, -0.2) is 21.1 Å². The summed E-state index contributed by atoms with van der Waals surface area (Å²) in [6, 6.07) is 11.1. The van der Waals surface area contributed by atoms with Gasteiger partial charge in [-0.05, 0) is 23.6 Å². The molecule has 0 fully saturated rings. The highest BCUT2D eigenvalue weighted by molar-refractivity contribution is 7.13. The number of rotatable bonds is 5. The summed E-state index contributed by atoms with van der Waals surface area (Å²) >= 11 is 8.83. The second-order valence-corrected chi connectivity index (χ2v) is 7.36. The Hall–Kier alpha value is -2.55. The van der Waals surface area contributed by atoms with E-state index in [4.69, 9.17) is 20.9 Å². The molecule has 0 aliphatic heterocycles. The van der Waals surface area contributed by atoms with Crippen molar-refractivity contribution in [3.63, 3.8) is 0 Å². The number of hydrogen-bond acceptors (Lipinski definition) is 8. The third-order valence-electron chi connectivity index (χ3n) is 3.32.